The lowest BCUT2D eigenvalue weighted by molar-refractivity contribution is -0.132. The second-order valence-corrected chi connectivity index (χ2v) is 9.07. The van der Waals surface area contributed by atoms with Crippen molar-refractivity contribution in [3.05, 3.63) is 95.1 Å². The standard InChI is InChI=1S/C26H18ClNO4/c1-14(29)32-16-8-6-7-15(13-16)28-24(30)22-21-17-9-2-4-11-19(17)26(27,23(22)25(28)31)20-12-5-3-10-18(20)21/h2-13,21-23H,1H3/t21?,22-,23+,26?/m0/s1. The van der Waals surface area contributed by atoms with Crippen molar-refractivity contribution in [1.29, 1.82) is 0 Å². The first-order valence-electron chi connectivity index (χ1n) is 10.5. The summed E-state index contributed by atoms with van der Waals surface area (Å²) in [5.74, 6) is -2.36. The molecule has 32 heavy (non-hydrogen) atoms. The van der Waals surface area contributed by atoms with Gasteiger partial charge in [0.1, 0.15) is 10.6 Å². The number of esters is 1. The van der Waals surface area contributed by atoms with Crippen LogP contribution in [0.4, 0.5) is 5.69 Å². The summed E-state index contributed by atoms with van der Waals surface area (Å²) in [6.45, 7) is 1.30. The van der Waals surface area contributed by atoms with Crippen LogP contribution in [-0.2, 0) is 19.3 Å². The zero-order valence-corrected chi connectivity index (χ0v) is 17.9. The summed E-state index contributed by atoms with van der Waals surface area (Å²) in [5, 5.41) is 0. The first-order chi connectivity index (χ1) is 15.4. The number of rotatable bonds is 2. The number of amides is 2. The maximum Gasteiger partial charge on any atom is 0.308 e. The second-order valence-electron chi connectivity index (χ2n) is 8.47. The first kappa shape index (κ1) is 19.3. The molecule has 3 aromatic carbocycles. The molecule has 0 N–H and O–H groups in total. The molecule has 7 rings (SSSR count). The topological polar surface area (TPSA) is 63.7 Å². The molecular formula is C26H18ClNO4. The number of imide groups is 1. The molecule has 1 fully saturated rings. The van der Waals surface area contributed by atoms with Crippen molar-refractivity contribution in [2.45, 2.75) is 17.7 Å². The van der Waals surface area contributed by atoms with Gasteiger partial charge in [-0.05, 0) is 34.4 Å². The molecule has 0 radical (unpaired) electrons. The number of nitrogens with zero attached hydrogens (tertiary/aromatic N) is 1. The number of alkyl halides is 1. The molecule has 6 heteroatoms. The highest BCUT2D eigenvalue weighted by molar-refractivity contribution is 6.33. The Kier molecular flexibility index (Phi) is 3.93. The van der Waals surface area contributed by atoms with E-state index in [1.54, 1.807) is 18.2 Å². The van der Waals surface area contributed by atoms with Crippen LogP contribution < -0.4 is 9.64 Å². The third kappa shape index (κ3) is 2.32. The molecule has 3 aliphatic carbocycles. The van der Waals surface area contributed by atoms with Crippen molar-refractivity contribution in [1.82, 2.24) is 0 Å². The van der Waals surface area contributed by atoms with E-state index >= 15 is 0 Å². The van der Waals surface area contributed by atoms with Gasteiger partial charge in [-0.15, -0.1) is 11.6 Å². The summed E-state index contributed by atoms with van der Waals surface area (Å²) in [5.41, 5.74) is 4.16. The van der Waals surface area contributed by atoms with E-state index in [-0.39, 0.29) is 23.5 Å². The fourth-order valence-electron chi connectivity index (χ4n) is 5.79. The largest absolute Gasteiger partial charge is 0.427 e. The number of anilines is 1. The third-order valence-electron chi connectivity index (χ3n) is 6.85. The molecule has 0 unspecified atom stereocenters. The Labute approximate surface area is 189 Å². The van der Waals surface area contributed by atoms with Crippen molar-refractivity contribution < 1.29 is 19.1 Å². The lowest BCUT2D eigenvalue weighted by Gasteiger charge is -2.50. The average molecular weight is 444 g/mol. The Hall–Kier alpha value is -3.44. The SMILES string of the molecule is CC(=O)Oc1cccc(N2C(=O)[C@H]3C4c5ccccc5C(Cl)(c5ccccc54)[C@H]3C2=O)c1. The van der Waals surface area contributed by atoms with Gasteiger partial charge in [0.25, 0.3) is 0 Å². The van der Waals surface area contributed by atoms with Gasteiger partial charge in [0.05, 0.1) is 17.5 Å². The Morgan fingerprint density at radius 3 is 2.16 bits per heavy atom. The zero-order chi connectivity index (χ0) is 22.2. The van der Waals surface area contributed by atoms with Gasteiger partial charge in [0.15, 0.2) is 0 Å². The van der Waals surface area contributed by atoms with Gasteiger partial charge in [-0.3, -0.25) is 14.4 Å². The van der Waals surface area contributed by atoms with E-state index in [1.165, 1.54) is 17.9 Å². The predicted octanol–water partition coefficient (Wildman–Crippen LogP) is 4.36. The molecule has 158 valence electrons. The van der Waals surface area contributed by atoms with Crippen LogP contribution in [0.1, 0.15) is 35.1 Å². The smallest absolute Gasteiger partial charge is 0.308 e. The van der Waals surface area contributed by atoms with Gasteiger partial charge in [-0.1, -0.05) is 54.6 Å². The van der Waals surface area contributed by atoms with E-state index in [0.29, 0.717) is 5.69 Å². The summed E-state index contributed by atoms with van der Waals surface area (Å²) in [6.07, 6.45) is 0. The number of benzene rings is 3. The van der Waals surface area contributed by atoms with Crippen molar-refractivity contribution in [3.63, 3.8) is 0 Å². The van der Waals surface area contributed by atoms with Crippen LogP contribution in [0.2, 0.25) is 0 Å². The van der Waals surface area contributed by atoms with Gasteiger partial charge in [0, 0.05) is 18.9 Å². The van der Waals surface area contributed by atoms with Crippen LogP contribution in [0.3, 0.4) is 0 Å². The Morgan fingerprint density at radius 2 is 1.53 bits per heavy atom. The highest BCUT2D eigenvalue weighted by Crippen LogP contribution is 2.65. The molecule has 1 aliphatic heterocycles. The van der Waals surface area contributed by atoms with E-state index in [0.717, 1.165) is 22.3 Å². The molecule has 0 aromatic heterocycles. The molecule has 1 heterocycles. The Balaban J connectivity index is 1.54. The summed E-state index contributed by atoms with van der Waals surface area (Å²) in [7, 11) is 0. The number of hydrogen-bond donors (Lipinski definition) is 0. The molecule has 5 nitrogen and oxygen atoms in total. The highest BCUT2D eigenvalue weighted by Gasteiger charge is 2.68. The van der Waals surface area contributed by atoms with Crippen LogP contribution in [0.5, 0.6) is 5.75 Å². The molecule has 2 bridgehead atoms. The molecule has 0 saturated carbocycles. The maximum atomic E-state index is 13.8. The quantitative estimate of drug-likeness (QED) is 0.255. The summed E-state index contributed by atoms with van der Waals surface area (Å²) < 4.78 is 5.17. The van der Waals surface area contributed by atoms with E-state index in [1.807, 2.05) is 48.5 Å². The molecule has 3 aromatic rings. The average Bonchev–Trinajstić information content (AvgIpc) is 3.05. The number of carbonyl (C=O) groups is 3. The van der Waals surface area contributed by atoms with Gasteiger partial charge in [-0.25, -0.2) is 4.90 Å². The van der Waals surface area contributed by atoms with Gasteiger partial charge < -0.3 is 4.74 Å². The third-order valence-corrected chi connectivity index (χ3v) is 7.49. The molecule has 2 atom stereocenters. The number of hydrogen-bond acceptors (Lipinski definition) is 4. The molecule has 0 spiro atoms. The van der Waals surface area contributed by atoms with Crippen LogP contribution in [-0.4, -0.2) is 17.8 Å². The zero-order valence-electron chi connectivity index (χ0n) is 17.1. The van der Waals surface area contributed by atoms with E-state index in [9.17, 15) is 14.4 Å². The molecule has 1 saturated heterocycles. The monoisotopic (exact) mass is 443 g/mol. The van der Waals surface area contributed by atoms with E-state index in [2.05, 4.69) is 0 Å². The van der Waals surface area contributed by atoms with Crippen LogP contribution in [0, 0.1) is 11.8 Å². The molecule has 2 amide bonds. The fourth-order valence-corrected chi connectivity index (χ4v) is 6.36. The second kappa shape index (κ2) is 6.53. The van der Waals surface area contributed by atoms with Crippen molar-refractivity contribution >= 4 is 35.1 Å². The normalized spacial score (nSPS) is 27.1. The molecular weight excluding hydrogens is 426 g/mol. The van der Waals surface area contributed by atoms with Crippen LogP contribution in [0.15, 0.2) is 72.8 Å². The van der Waals surface area contributed by atoms with Gasteiger partial charge >= 0.3 is 5.97 Å². The Bertz CT molecular complexity index is 1290. The summed E-state index contributed by atoms with van der Waals surface area (Å²) in [4.78, 5) is 39.1. The number of carbonyl (C=O) groups excluding carboxylic acids is 3. The predicted molar refractivity (Wildman–Crippen MR) is 119 cm³/mol. The molecule has 4 aliphatic rings. The minimum absolute atomic E-state index is 0.244. The van der Waals surface area contributed by atoms with Crippen molar-refractivity contribution in [2.24, 2.45) is 11.8 Å². The van der Waals surface area contributed by atoms with Crippen molar-refractivity contribution in [2.75, 3.05) is 4.90 Å². The van der Waals surface area contributed by atoms with Crippen molar-refractivity contribution in [3.8, 4) is 5.75 Å². The lowest BCUT2D eigenvalue weighted by atomic mass is 9.54. The minimum Gasteiger partial charge on any atom is -0.427 e. The maximum absolute atomic E-state index is 13.8. The van der Waals surface area contributed by atoms with Gasteiger partial charge in [0.2, 0.25) is 11.8 Å². The lowest BCUT2D eigenvalue weighted by Crippen LogP contribution is -2.50. The minimum atomic E-state index is -1.12. The number of ether oxygens (including phenoxy) is 1. The Morgan fingerprint density at radius 1 is 0.906 bits per heavy atom. The van der Waals surface area contributed by atoms with Crippen LogP contribution >= 0.6 is 11.6 Å². The number of halogens is 1. The van der Waals surface area contributed by atoms with Crippen LogP contribution in [0.25, 0.3) is 0 Å². The fraction of sp³-hybridized carbons (Fsp3) is 0.192. The summed E-state index contributed by atoms with van der Waals surface area (Å²) >= 11 is 7.40. The first-order valence-corrected chi connectivity index (χ1v) is 10.8. The van der Waals surface area contributed by atoms with Gasteiger partial charge in [-0.2, -0.15) is 0 Å². The highest BCUT2D eigenvalue weighted by atomic mass is 35.5. The van der Waals surface area contributed by atoms with E-state index in [4.69, 9.17) is 16.3 Å². The summed E-state index contributed by atoms with van der Waals surface area (Å²) in [6, 6.07) is 22.1. The van der Waals surface area contributed by atoms with E-state index < -0.39 is 22.7 Å².